The summed E-state index contributed by atoms with van der Waals surface area (Å²) in [4.78, 5) is 68.2. The molecule has 2 saturated carbocycles. The van der Waals surface area contributed by atoms with Crippen LogP contribution in [0.2, 0.25) is 0 Å². The van der Waals surface area contributed by atoms with Crippen LogP contribution in [0.5, 0.6) is 6.01 Å². The molecule has 0 bridgehead atoms. The summed E-state index contributed by atoms with van der Waals surface area (Å²) in [5, 5.41) is 8.54. The summed E-state index contributed by atoms with van der Waals surface area (Å²) in [6.45, 7) is 12.9. The molecule has 2 aliphatic carbocycles. The normalized spacial score (nSPS) is 25.3. The highest BCUT2D eigenvalue weighted by Crippen LogP contribution is 2.48. The molecule has 4 heterocycles. The van der Waals surface area contributed by atoms with Gasteiger partial charge in [0.05, 0.1) is 22.5 Å². The molecule has 3 fully saturated rings. The number of aromatic nitrogens is 3. The molecule has 0 spiro atoms. The summed E-state index contributed by atoms with van der Waals surface area (Å²) >= 11 is 1.53. The van der Waals surface area contributed by atoms with Crippen molar-refractivity contribution in [2.45, 2.75) is 146 Å². The Balaban J connectivity index is 1.12. The fourth-order valence-electron chi connectivity index (χ4n) is 8.65. The quantitative estimate of drug-likeness (QED) is 0.143. The lowest BCUT2D eigenvalue weighted by Gasteiger charge is -2.30. The summed E-state index contributed by atoms with van der Waals surface area (Å²) in [7, 11) is -4.01. The number of hydrogen-bond donors (Lipinski definition) is 3. The molecule has 0 unspecified atom stereocenters. The average molecular weight is 914 g/mol. The molecule has 5 atom stereocenters. The number of benzene rings is 2. The molecule has 4 aliphatic rings. The maximum absolute atomic E-state index is 14.8. The first kappa shape index (κ1) is 45.3. The third-order valence-corrected chi connectivity index (χ3v) is 15.8. The van der Waals surface area contributed by atoms with Crippen molar-refractivity contribution in [2.75, 3.05) is 6.54 Å². The van der Waals surface area contributed by atoms with E-state index < -0.39 is 73.8 Å². The van der Waals surface area contributed by atoms with Crippen LogP contribution in [-0.4, -0.2) is 92.3 Å². The van der Waals surface area contributed by atoms with Crippen molar-refractivity contribution in [3.05, 3.63) is 65.6 Å². The number of para-hydroxylation sites is 1. The monoisotopic (exact) mass is 913 g/mol. The summed E-state index contributed by atoms with van der Waals surface area (Å²) in [6.07, 6.45) is 6.59. The van der Waals surface area contributed by atoms with Gasteiger partial charge in [-0.1, -0.05) is 60.9 Å². The smallest absolute Gasteiger partial charge is 0.408 e. The Labute approximate surface area is 378 Å². The van der Waals surface area contributed by atoms with Gasteiger partial charge < -0.3 is 25.0 Å². The second kappa shape index (κ2) is 17.3. The minimum Gasteiger partial charge on any atom is -0.459 e. The molecule has 17 heteroatoms. The van der Waals surface area contributed by atoms with E-state index in [1.165, 1.54) is 16.2 Å². The zero-order valence-corrected chi connectivity index (χ0v) is 39.2. The zero-order valence-electron chi connectivity index (χ0n) is 37.6. The van der Waals surface area contributed by atoms with Crippen LogP contribution in [0, 0.1) is 12.8 Å². The lowest BCUT2D eigenvalue weighted by Crippen LogP contribution is -2.58. The number of alkyl carbamates (subject to hydrolysis) is 1. The Morgan fingerprint density at radius 3 is 2.48 bits per heavy atom. The number of aryl methyl sites for hydroxylation is 1. The van der Waals surface area contributed by atoms with Gasteiger partial charge in [-0.3, -0.25) is 23.7 Å². The van der Waals surface area contributed by atoms with Gasteiger partial charge in [-0.25, -0.2) is 18.2 Å². The van der Waals surface area contributed by atoms with E-state index in [4.69, 9.17) is 19.4 Å². The molecular weight excluding hydrogens is 855 g/mol. The lowest BCUT2D eigenvalue weighted by molar-refractivity contribution is -0.141. The van der Waals surface area contributed by atoms with Crippen LogP contribution in [0.15, 0.2) is 60.0 Å². The molecule has 2 aromatic heterocycles. The Hall–Kier alpha value is -5.29. The molecule has 342 valence electrons. The maximum Gasteiger partial charge on any atom is 0.408 e. The van der Waals surface area contributed by atoms with E-state index in [1.807, 2.05) is 61.1 Å². The summed E-state index contributed by atoms with van der Waals surface area (Å²) in [5.41, 5.74) is 3.04. The predicted octanol–water partition coefficient (Wildman–Crippen LogP) is 7.35. The Morgan fingerprint density at radius 1 is 1.03 bits per heavy atom. The number of ether oxygens (including phenoxy) is 2. The molecule has 1 saturated heterocycles. The topological polar surface area (TPSA) is 191 Å². The van der Waals surface area contributed by atoms with Crippen LogP contribution in [0.1, 0.15) is 111 Å². The van der Waals surface area contributed by atoms with Gasteiger partial charge in [0.2, 0.25) is 21.8 Å². The van der Waals surface area contributed by atoms with E-state index >= 15 is 0 Å². The predicted molar refractivity (Wildman–Crippen MR) is 245 cm³/mol. The fourth-order valence-corrected chi connectivity index (χ4v) is 10.8. The maximum atomic E-state index is 14.8. The molecule has 4 aromatic rings. The van der Waals surface area contributed by atoms with Gasteiger partial charge in [-0.2, -0.15) is 4.98 Å². The van der Waals surface area contributed by atoms with Crippen molar-refractivity contribution >= 4 is 56.2 Å². The van der Waals surface area contributed by atoms with E-state index in [1.54, 1.807) is 27.7 Å². The number of rotatable bonds is 9. The van der Waals surface area contributed by atoms with Crippen molar-refractivity contribution in [3.63, 3.8) is 0 Å². The number of allylic oxidation sites excluding steroid dienone is 1. The second-order valence-corrected chi connectivity index (χ2v) is 22.4. The molecule has 3 N–H and O–H groups in total. The molecule has 64 heavy (non-hydrogen) atoms. The number of carbonyl (C=O) groups excluding carboxylic acids is 4. The molecule has 15 nitrogen and oxygen atoms in total. The first-order valence-corrected chi connectivity index (χ1v) is 24.7. The number of sulfonamides is 1. The molecule has 2 aromatic carbocycles. The summed E-state index contributed by atoms with van der Waals surface area (Å²) in [5.74, 6) is -2.37. The van der Waals surface area contributed by atoms with Gasteiger partial charge in [0.1, 0.15) is 39.9 Å². The Morgan fingerprint density at radius 2 is 1.78 bits per heavy atom. The van der Waals surface area contributed by atoms with Crippen LogP contribution in [0.3, 0.4) is 0 Å². The van der Waals surface area contributed by atoms with Crippen LogP contribution < -0.4 is 20.1 Å². The first-order valence-electron chi connectivity index (χ1n) is 22.3. The lowest BCUT2D eigenvalue weighted by atomic mass is 10.0. The van der Waals surface area contributed by atoms with E-state index in [2.05, 4.69) is 39.6 Å². The average Bonchev–Trinajstić information content (AvgIpc) is 3.90. The first-order chi connectivity index (χ1) is 30.3. The van der Waals surface area contributed by atoms with E-state index in [9.17, 15) is 27.6 Å². The van der Waals surface area contributed by atoms with Crippen molar-refractivity contribution < 1.29 is 37.1 Å². The van der Waals surface area contributed by atoms with Crippen LogP contribution in [0.4, 0.5) is 4.79 Å². The van der Waals surface area contributed by atoms with E-state index in [0.717, 1.165) is 45.8 Å². The van der Waals surface area contributed by atoms with Gasteiger partial charge >= 0.3 is 6.09 Å². The number of carbonyl (C=O) groups is 4. The highest BCUT2D eigenvalue weighted by molar-refractivity contribution is 7.91. The van der Waals surface area contributed by atoms with Crippen LogP contribution in [0.25, 0.3) is 32.9 Å². The van der Waals surface area contributed by atoms with E-state index in [-0.39, 0.29) is 25.4 Å². The number of imidazole rings is 1. The number of thiazole rings is 1. The fraction of sp³-hybridized carbons (Fsp3) is 0.532. The molecular formula is C47H59N7O8S2. The summed E-state index contributed by atoms with van der Waals surface area (Å²) < 4.78 is 42.1. The van der Waals surface area contributed by atoms with Gasteiger partial charge in [0.15, 0.2) is 0 Å². The Bertz CT molecular complexity index is 2590. The highest BCUT2D eigenvalue weighted by atomic mass is 32.2. The molecule has 8 rings (SSSR count). The minimum atomic E-state index is -4.01. The van der Waals surface area contributed by atoms with Gasteiger partial charge in [-0.05, 0) is 99.1 Å². The van der Waals surface area contributed by atoms with Crippen LogP contribution >= 0.6 is 11.3 Å². The van der Waals surface area contributed by atoms with Gasteiger partial charge in [0, 0.05) is 34.9 Å². The number of amides is 4. The number of nitrogens with one attached hydrogen (secondary N) is 3. The largest absolute Gasteiger partial charge is 0.459 e. The van der Waals surface area contributed by atoms with Gasteiger partial charge in [0.25, 0.3) is 11.9 Å². The highest BCUT2D eigenvalue weighted by Gasteiger charge is 2.63. The molecule has 2 aliphatic heterocycles. The van der Waals surface area contributed by atoms with Crippen LogP contribution in [-0.2, 0) is 29.1 Å². The van der Waals surface area contributed by atoms with E-state index in [0.29, 0.717) is 43.6 Å². The van der Waals surface area contributed by atoms with Crippen molar-refractivity contribution in [1.29, 1.82) is 0 Å². The number of fused-ring (bicyclic) bond motifs is 3. The zero-order chi connectivity index (χ0) is 45.8. The van der Waals surface area contributed by atoms with Crippen molar-refractivity contribution in [2.24, 2.45) is 5.92 Å². The molecule has 0 radical (unpaired) electrons. The SMILES string of the molecule is Cc1ccc(-c2csc(-c3cccc4c3nc(O[C@@H]3C[C@H]5C(=O)N[C@]6(C(=O)NS(=O)(=O)C7(C)CC7)C[C@H]6/C=C\CCCCC[C@H](NC(=O)OC(C)(C)C)C(=O)N5C3)n4C(C)C)n2)cc1. The summed E-state index contributed by atoms with van der Waals surface area (Å²) in [6, 6.07) is 12.2. The number of hydrogen-bond acceptors (Lipinski definition) is 11. The Kier molecular flexibility index (Phi) is 12.2. The third-order valence-electron chi connectivity index (χ3n) is 12.7. The van der Waals surface area contributed by atoms with Gasteiger partial charge in [-0.15, -0.1) is 11.3 Å². The second-order valence-electron chi connectivity index (χ2n) is 19.3. The van der Waals surface area contributed by atoms with Crippen molar-refractivity contribution in [3.8, 4) is 27.8 Å². The number of nitrogens with zero attached hydrogens (tertiary/aromatic N) is 4. The molecule has 4 amide bonds. The standard InChI is InChI=1S/C47H59N7O8S2/c1-28(2)54-36-17-13-15-33(40-48-35(27-63-40)30-20-18-29(3)19-21-30)38(36)50-43(54)61-32-24-37-39(55)51-47(42(57)52-64(59,60)46(7)22-23-46)25-31(47)14-11-9-8-10-12-16-34(41(56)53(37)26-32)49-44(58)62-45(4,5)6/h11,13-15,17-21,27-28,31-32,34,37H,8-10,12,16,22-26H2,1-7H3,(H,49,58)(H,51,55)(H,52,57)/b14-11-/t31-,32-,34+,37+,47-/m1/s1. The third kappa shape index (κ3) is 9.28. The minimum absolute atomic E-state index is 0.0285. The van der Waals surface area contributed by atoms with Crippen molar-refractivity contribution in [1.82, 2.24) is 34.8 Å².